The molecule has 0 saturated heterocycles. The van der Waals surface area contributed by atoms with E-state index in [1.165, 1.54) is 0 Å². The van der Waals surface area contributed by atoms with E-state index in [0.717, 1.165) is 17.4 Å². The van der Waals surface area contributed by atoms with Crippen molar-refractivity contribution >= 4 is 38.1 Å². The molecule has 0 aliphatic carbocycles. The highest BCUT2D eigenvalue weighted by molar-refractivity contribution is 9.13. The largest absolute Gasteiger partial charge is 0.316 e. The van der Waals surface area contributed by atoms with Crippen LogP contribution in [0.15, 0.2) is 9.21 Å². The standard InChI is InChI=1S/C6H6Br2N2O/c1-2-10-4(3-11)9-5(7)6(10)8/h3H,2H2,1H3. The molecular weight excluding hydrogens is 276 g/mol. The SMILES string of the molecule is CCn1c(C=O)nc(Br)c1Br. The third-order valence-corrected chi connectivity index (χ3v) is 3.21. The summed E-state index contributed by atoms with van der Waals surface area (Å²) in [5.41, 5.74) is 0. The lowest BCUT2D eigenvalue weighted by molar-refractivity contribution is 0.111. The molecule has 0 saturated carbocycles. The predicted octanol–water partition coefficient (Wildman–Crippen LogP) is 2.24. The van der Waals surface area contributed by atoms with Crippen LogP contribution in [0.4, 0.5) is 0 Å². The molecule has 1 aromatic heterocycles. The lowest BCUT2D eigenvalue weighted by Crippen LogP contribution is -1.99. The highest BCUT2D eigenvalue weighted by Gasteiger charge is 2.09. The summed E-state index contributed by atoms with van der Waals surface area (Å²) in [7, 11) is 0. The molecule has 1 rings (SSSR count). The summed E-state index contributed by atoms with van der Waals surface area (Å²) in [5, 5.41) is 0. The number of halogens is 2. The van der Waals surface area contributed by atoms with Crippen molar-refractivity contribution in [1.82, 2.24) is 9.55 Å². The maximum Gasteiger partial charge on any atom is 0.185 e. The van der Waals surface area contributed by atoms with Crippen LogP contribution < -0.4 is 0 Å². The van der Waals surface area contributed by atoms with Crippen molar-refractivity contribution in [3.05, 3.63) is 15.0 Å². The van der Waals surface area contributed by atoms with E-state index < -0.39 is 0 Å². The summed E-state index contributed by atoms with van der Waals surface area (Å²) in [6.07, 6.45) is 0.735. The molecule has 0 fully saturated rings. The van der Waals surface area contributed by atoms with E-state index in [4.69, 9.17) is 0 Å². The zero-order valence-electron chi connectivity index (χ0n) is 5.84. The number of hydrogen-bond acceptors (Lipinski definition) is 2. The minimum absolute atomic E-state index is 0.436. The Bertz CT molecular complexity index is 282. The van der Waals surface area contributed by atoms with E-state index in [-0.39, 0.29) is 0 Å². The lowest BCUT2D eigenvalue weighted by atomic mass is 10.6. The molecular formula is C6H6Br2N2O. The summed E-state index contributed by atoms with van der Waals surface area (Å²) in [6, 6.07) is 0. The molecule has 0 aliphatic rings. The average Bonchev–Trinajstić information content (AvgIpc) is 2.28. The monoisotopic (exact) mass is 280 g/mol. The second kappa shape index (κ2) is 3.49. The van der Waals surface area contributed by atoms with E-state index >= 15 is 0 Å². The number of aromatic nitrogens is 2. The van der Waals surface area contributed by atoms with Crippen molar-refractivity contribution in [2.24, 2.45) is 0 Å². The predicted molar refractivity (Wildman–Crippen MR) is 48.7 cm³/mol. The average molecular weight is 282 g/mol. The van der Waals surface area contributed by atoms with Crippen molar-refractivity contribution in [2.45, 2.75) is 13.5 Å². The summed E-state index contributed by atoms with van der Waals surface area (Å²) < 4.78 is 3.25. The van der Waals surface area contributed by atoms with E-state index in [9.17, 15) is 4.79 Å². The summed E-state index contributed by atoms with van der Waals surface area (Å²) in [5.74, 6) is 0.436. The number of hydrogen-bond donors (Lipinski definition) is 0. The molecule has 0 bridgehead atoms. The van der Waals surface area contributed by atoms with Gasteiger partial charge in [0, 0.05) is 6.54 Å². The zero-order chi connectivity index (χ0) is 8.43. The number of imidazole rings is 1. The lowest BCUT2D eigenvalue weighted by Gasteiger charge is -1.98. The molecule has 0 radical (unpaired) electrons. The molecule has 60 valence electrons. The Morgan fingerprint density at radius 3 is 2.64 bits per heavy atom. The minimum Gasteiger partial charge on any atom is -0.316 e. The van der Waals surface area contributed by atoms with Gasteiger partial charge in [-0.05, 0) is 38.8 Å². The van der Waals surface area contributed by atoms with Crippen molar-refractivity contribution < 1.29 is 4.79 Å². The molecule has 11 heavy (non-hydrogen) atoms. The van der Waals surface area contributed by atoms with Gasteiger partial charge in [-0.2, -0.15) is 0 Å². The third kappa shape index (κ3) is 1.54. The van der Waals surface area contributed by atoms with Gasteiger partial charge in [0.05, 0.1) is 0 Å². The molecule has 0 amide bonds. The van der Waals surface area contributed by atoms with Crippen molar-refractivity contribution in [3.63, 3.8) is 0 Å². The van der Waals surface area contributed by atoms with Crippen LogP contribution in [-0.4, -0.2) is 15.8 Å². The topological polar surface area (TPSA) is 34.9 Å². The molecule has 0 unspecified atom stereocenters. The number of carbonyl (C=O) groups excluding carboxylic acids is 1. The number of nitrogens with zero attached hydrogens (tertiary/aromatic N) is 2. The van der Waals surface area contributed by atoms with Crippen LogP contribution in [0.2, 0.25) is 0 Å². The Morgan fingerprint density at radius 1 is 1.64 bits per heavy atom. The first kappa shape index (κ1) is 8.93. The number of aldehydes is 1. The molecule has 1 aromatic rings. The van der Waals surface area contributed by atoms with Crippen molar-refractivity contribution in [3.8, 4) is 0 Å². The van der Waals surface area contributed by atoms with E-state index in [0.29, 0.717) is 10.4 Å². The van der Waals surface area contributed by atoms with Crippen LogP contribution in [0.5, 0.6) is 0 Å². The molecule has 0 aliphatic heterocycles. The van der Waals surface area contributed by atoms with Crippen LogP contribution in [0.3, 0.4) is 0 Å². The summed E-state index contributed by atoms with van der Waals surface area (Å²) in [4.78, 5) is 14.4. The maximum absolute atomic E-state index is 10.4. The smallest absolute Gasteiger partial charge is 0.185 e. The fourth-order valence-electron chi connectivity index (χ4n) is 0.810. The molecule has 0 spiro atoms. The highest BCUT2D eigenvalue weighted by atomic mass is 79.9. The quantitative estimate of drug-likeness (QED) is 0.780. The Hall–Kier alpha value is -0.160. The fraction of sp³-hybridized carbons (Fsp3) is 0.333. The van der Waals surface area contributed by atoms with Crippen LogP contribution in [0, 0.1) is 0 Å². The summed E-state index contributed by atoms with van der Waals surface area (Å²) in [6.45, 7) is 2.68. The van der Waals surface area contributed by atoms with Gasteiger partial charge in [-0.25, -0.2) is 4.98 Å². The van der Waals surface area contributed by atoms with Gasteiger partial charge in [0.15, 0.2) is 12.1 Å². The van der Waals surface area contributed by atoms with Gasteiger partial charge in [0.2, 0.25) is 0 Å². The van der Waals surface area contributed by atoms with E-state index in [1.807, 2.05) is 6.92 Å². The van der Waals surface area contributed by atoms with Gasteiger partial charge in [-0.15, -0.1) is 0 Å². The van der Waals surface area contributed by atoms with Gasteiger partial charge >= 0.3 is 0 Å². The van der Waals surface area contributed by atoms with Crippen LogP contribution >= 0.6 is 31.9 Å². The second-order valence-electron chi connectivity index (χ2n) is 1.91. The second-order valence-corrected chi connectivity index (χ2v) is 3.42. The van der Waals surface area contributed by atoms with Crippen molar-refractivity contribution in [1.29, 1.82) is 0 Å². The Morgan fingerprint density at radius 2 is 2.27 bits per heavy atom. The third-order valence-electron chi connectivity index (χ3n) is 1.32. The molecule has 0 atom stereocenters. The fourth-order valence-corrected chi connectivity index (χ4v) is 1.73. The molecule has 3 nitrogen and oxygen atoms in total. The first-order valence-corrected chi connectivity index (χ1v) is 4.66. The van der Waals surface area contributed by atoms with Crippen LogP contribution in [0.25, 0.3) is 0 Å². The Kier molecular flexibility index (Phi) is 2.84. The van der Waals surface area contributed by atoms with Gasteiger partial charge in [0.1, 0.15) is 9.21 Å². The van der Waals surface area contributed by atoms with Gasteiger partial charge < -0.3 is 4.57 Å². The molecule has 1 heterocycles. The Balaban J connectivity index is 3.26. The number of carbonyl (C=O) groups is 1. The first-order chi connectivity index (χ1) is 5.20. The van der Waals surface area contributed by atoms with Gasteiger partial charge in [-0.3, -0.25) is 4.79 Å². The van der Waals surface area contributed by atoms with Gasteiger partial charge in [0.25, 0.3) is 0 Å². The number of rotatable bonds is 2. The molecule has 0 aromatic carbocycles. The molecule has 0 N–H and O–H groups in total. The maximum atomic E-state index is 10.4. The first-order valence-electron chi connectivity index (χ1n) is 3.07. The van der Waals surface area contributed by atoms with Crippen molar-refractivity contribution in [2.75, 3.05) is 0 Å². The van der Waals surface area contributed by atoms with Gasteiger partial charge in [-0.1, -0.05) is 0 Å². The van der Waals surface area contributed by atoms with E-state index in [1.54, 1.807) is 4.57 Å². The summed E-state index contributed by atoms with van der Waals surface area (Å²) >= 11 is 6.51. The highest BCUT2D eigenvalue weighted by Crippen LogP contribution is 2.22. The van der Waals surface area contributed by atoms with E-state index in [2.05, 4.69) is 36.8 Å². The molecule has 5 heteroatoms. The normalized spacial score (nSPS) is 10.1. The zero-order valence-corrected chi connectivity index (χ0v) is 9.02. The Labute approximate surface area is 81.1 Å². The minimum atomic E-state index is 0.436. The van der Waals surface area contributed by atoms with Crippen LogP contribution in [-0.2, 0) is 6.54 Å². The van der Waals surface area contributed by atoms with Crippen LogP contribution in [0.1, 0.15) is 17.5 Å².